The molecule has 11 heteroatoms. The molecule has 0 amide bonds. The molecule has 0 spiro atoms. The second-order valence-electron chi connectivity index (χ2n) is 7.66. The Balaban J connectivity index is 1.56. The summed E-state index contributed by atoms with van der Waals surface area (Å²) < 4.78 is 7.05. The van der Waals surface area contributed by atoms with E-state index in [2.05, 4.69) is 9.98 Å². The number of carbonyl (C=O) groups excluding carboxylic acids is 1. The minimum atomic E-state index is -0.797. The third kappa shape index (κ3) is 6.41. The summed E-state index contributed by atoms with van der Waals surface area (Å²) in [5.74, 6) is -0.591. The van der Waals surface area contributed by atoms with E-state index in [1.54, 1.807) is 25.3 Å². The standard InChI is InChI=1S/C25H21Cl2N3O3S3/c1-2-33-23(32)20(10-15-6-4-3-5-7-15)30-22(31)21(36-25(30)34)14-29-24-28-13-18(35-24)11-16-8-9-17(26)12-19(16)27/h3-9,12-14,20,31H,2,10-11H2,1H3/b29-14+. The van der Waals surface area contributed by atoms with Crippen LogP contribution in [0.4, 0.5) is 5.13 Å². The van der Waals surface area contributed by atoms with E-state index in [-0.39, 0.29) is 12.5 Å². The van der Waals surface area contributed by atoms with Crippen molar-refractivity contribution in [2.24, 2.45) is 4.99 Å². The second-order valence-corrected chi connectivity index (χ2v) is 11.3. The van der Waals surface area contributed by atoms with Crippen LogP contribution in [0, 0.1) is 3.95 Å². The monoisotopic (exact) mass is 577 g/mol. The molecule has 0 aliphatic rings. The van der Waals surface area contributed by atoms with Crippen molar-refractivity contribution in [3.8, 4) is 5.88 Å². The summed E-state index contributed by atoms with van der Waals surface area (Å²) in [5, 5.41) is 12.7. The molecule has 0 aliphatic carbocycles. The number of aliphatic imine (C=N–C) groups is 1. The fourth-order valence-corrected chi connectivity index (χ4v) is 6.05. The van der Waals surface area contributed by atoms with Gasteiger partial charge in [0, 0.05) is 34.0 Å². The van der Waals surface area contributed by atoms with Crippen molar-refractivity contribution in [2.45, 2.75) is 25.8 Å². The van der Waals surface area contributed by atoms with Crippen molar-refractivity contribution in [3.63, 3.8) is 0 Å². The number of halogens is 2. The molecule has 1 atom stereocenters. The summed E-state index contributed by atoms with van der Waals surface area (Å²) in [4.78, 5) is 23.0. The Bertz CT molecular complexity index is 1450. The number of aromatic hydroxyl groups is 1. The van der Waals surface area contributed by atoms with E-state index in [0.29, 0.717) is 36.8 Å². The highest BCUT2D eigenvalue weighted by molar-refractivity contribution is 7.73. The molecule has 0 bridgehead atoms. The fraction of sp³-hybridized carbons (Fsp3) is 0.200. The van der Waals surface area contributed by atoms with Gasteiger partial charge in [0.05, 0.1) is 12.8 Å². The van der Waals surface area contributed by atoms with Crippen LogP contribution in [-0.2, 0) is 22.4 Å². The Morgan fingerprint density at radius 1 is 1.25 bits per heavy atom. The number of benzene rings is 2. The first-order valence-electron chi connectivity index (χ1n) is 10.9. The first-order chi connectivity index (χ1) is 17.4. The highest BCUT2D eigenvalue weighted by Crippen LogP contribution is 2.32. The lowest BCUT2D eigenvalue weighted by Crippen LogP contribution is -2.24. The third-order valence-corrected chi connectivity index (χ3v) is 8.02. The molecular formula is C25H21Cl2N3O3S3. The number of esters is 1. The highest BCUT2D eigenvalue weighted by Gasteiger charge is 2.27. The number of thiazole rings is 2. The fourth-order valence-electron chi connectivity index (χ4n) is 3.51. The van der Waals surface area contributed by atoms with Crippen LogP contribution in [0.5, 0.6) is 5.88 Å². The first kappa shape index (κ1) is 26.5. The number of ether oxygens (including phenoxy) is 1. The zero-order valence-electron chi connectivity index (χ0n) is 19.1. The van der Waals surface area contributed by atoms with Gasteiger partial charge in [-0.3, -0.25) is 4.57 Å². The van der Waals surface area contributed by atoms with Crippen LogP contribution in [0.1, 0.15) is 33.8 Å². The number of hydrogen-bond donors (Lipinski definition) is 1. The summed E-state index contributed by atoms with van der Waals surface area (Å²) in [7, 11) is 0. The maximum Gasteiger partial charge on any atom is 0.329 e. The number of nitrogens with zero attached hydrogens (tertiary/aromatic N) is 3. The van der Waals surface area contributed by atoms with Gasteiger partial charge in [-0.2, -0.15) is 0 Å². The Labute approximate surface area is 231 Å². The van der Waals surface area contributed by atoms with Gasteiger partial charge in [-0.05, 0) is 42.4 Å². The maximum atomic E-state index is 12.8. The predicted octanol–water partition coefficient (Wildman–Crippen LogP) is 7.44. The van der Waals surface area contributed by atoms with Gasteiger partial charge in [-0.1, -0.05) is 82.3 Å². The lowest BCUT2D eigenvalue weighted by molar-refractivity contribution is -0.147. The lowest BCUT2D eigenvalue weighted by atomic mass is 10.1. The zero-order chi connectivity index (χ0) is 25.7. The Morgan fingerprint density at radius 3 is 2.75 bits per heavy atom. The first-order valence-corrected chi connectivity index (χ1v) is 13.7. The quantitative estimate of drug-likeness (QED) is 0.127. The molecular weight excluding hydrogens is 557 g/mol. The topological polar surface area (TPSA) is 76.7 Å². The van der Waals surface area contributed by atoms with E-state index >= 15 is 0 Å². The summed E-state index contributed by atoms with van der Waals surface area (Å²) in [6, 6.07) is 14.1. The molecule has 4 rings (SSSR count). The number of hydrogen-bond acceptors (Lipinski definition) is 8. The highest BCUT2D eigenvalue weighted by atomic mass is 35.5. The van der Waals surface area contributed by atoms with Gasteiger partial charge in [0.15, 0.2) is 3.95 Å². The largest absolute Gasteiger partial charge is 0.493 e. The molecule has 2 heterocycles. The van der Waals surface area contributed by atoms with E-state index in [4.69, 9.17) is 40.2 Å². The van der Waals surface area contributed by atoms with Crippen LogP contribution in [-0.4, -0.2) is 33.4 Å². The summed E-state index contributed by atoms with van der Waals surface area (Å²) in [6.07, 6.45) is 4.18. The van der Waals surface area contributed by atoms with Gasteiger partial charge >= 0.3 is 5.97 Å². The summed E-state index contributed by atoms with van der Waals surface area (Å²) in [5.41, 5.74) is 1.87. The molecule has 2 aromatic heterocycles. The van der Waals surface area contributed by atoms with Crippen LogP contribution < -0.4 is 0 Å². The minimum Gasteiger partial charge on any atom is -0.493 e. The van der Waals surface area contributed by atoms with Gasteiger partial charge < -0.3 is 9.84 Å². The van der Waals surface area contributed by atoms with Crippen molar-refractivity contribution in [3.05, 3.63) is 89.6 Å². The Morgan fingerprint density at radius 2 is 2.03 bits per heavy atom. The summed E-state index contributed by atoms with van der Waals surface area (Å²) >= 11 is 20.3. The lowest BCUT2D eigenvalue weighted by Gasteiger charge is -2.18. The minimum absolute atomic E-state index is 0.132. The van der Waals surface area contributed by atoms with Crippen LogP contribution >= 0.6 is 58.1 Å². The molecule has 0 saturated heterocycles. The van der Waals surface area contributed by atoms with Crippen molar-refractivity contribution in [1.82, 2.24) is 9.55 Å². The Kier molecular flexibility index (Phi) is 8.92. The third-order valence-electron chi connectivity index (χ3n) is 5.20. The van der Waals surface area contributed by atoms with Crippen LogP contribution in [0.15, 0.2) is 59.7 Å². The van der Waals surface area contributed by atoms with E-state index in [1.165, 1.54) is 22.1 Å². The summed E-state index contributed by atoms with van der Waals surface area (Å²) in [6.45, 7) is 1.97. The Hall–Kier alpha value is -2.56. The number of rotatable bonds is 9. The van der Waals surface area contributed by atoms with Gasteiger partial charge in [0.1, 0.15) is 10.9 Å². The maximum absolute atomic E-state index is 12.8. The number of carbonyl (C=O) groups is 1. The predicted molar refractivity (Wildman–Crippen MR) is 149 cm³/mol. The van der Waals surface area contributed by atoms with E-state index in [0.717, 1.165) is 27.3 Å². The molecule has 0 fully saturated rings. The van der Waals surface area contributed by atoms with E-state index in [1.807, 2.05) is 36.4 Å². The molecule has 0 radical (unpaired) electrons. The normalized spacial score (nSPS) is 12.2. The second kappa shape index (κ2) is 12.1. The molecule has 2 aromatic carbocycles. The van der Waals surface area contributed by atoms with Gasteiger partial charge in [-0.25, -0.2) is 14.8 Å². The van der Waals surface area contributed by atoms with Crippen LogP contribution in [0.3, 0.4) is 0 Å². The molecule has 1 N–H and O–H groups in total. The van der Waals surface area contributed by atoms with Crippen molar-refractivity contribution >= 4 is 75.4 Å². The smallest absolute Gasteiger partial charge is 0.329 e. The van der Waals surface area contributed by atoms with Crippen LogP contribution in [0.2, 0.25) is 10.0 Å². The average Bonchev–Trinajstić information content (AvgIpc) is 3.42. The molecule has 6 nitrogen and oxygen atoms in total. The van der Waals surface area contributed by atoms with Gasteiger partial charge in [-0.15, -0.1) is 0 Å². The van der Waals surface area contributed by atoms with Crippen LogP contribution in [0.25, 0.3) is 0 Å². The SMILES string of the molecule is CCOC(=O)C(Cc1ccccc1)n1c(O)c(/C=N/c2ncc(Cc3ccc(Cl)cc3Cl)s2)sc1=S. The molecule has 0 saturated carbocycles. The molecule has 0 aliphatic heterocycles. The molecule has 186 valence electrons. The molecule has 1 unspecified atom stereocenters. The van der Waals surface area contributed by atoms with Crippen molar-refractivity contribution in [2.75, 3.05) is 6.61 Å². The van der Waals surface area contributed by atoms with E-state index < -0.39 is 12.0 Å². The average molecular weight is 579 g/mol. The molecule has 4 aromatic rings. The van der Waals surface area contributed by atoms with Crippen molar-refractivity contribution < 1.29 is 14.6 Å². The van der Waals surface area contributed by atoms with Gasteiger partial charge in [0.2, 0.25) is 11.0 Å². The van der Waals surface area contributed by atoms with Gasteiger partial charge in [0.25, 0.3) is 0 Å². The zero-order valence-corrected chi connectivity index (χ0v) is 23.0. The number of aromatic nitrogens is 2. The van der Waals surface area contributed by atoms with Crippen molar-refractivity contribution in [1.29, 1.82) is 0 Å². The van der Waals surface area contributed by atoms with E-state index in [9.17, 15) is 9.90 Å². The molecule has 36 heavy (non-hydrogen) atoms.